The number of halogens is 4. The molecule has 4 rings (SSSR count). The van der Waals surface area contributed by atoms with E-state index >= 15 is 0 Å². The molecular formula is C21H18ClF3N4O2S. The third-order valence-corrected chi connectivity index (χ3v) is 6.36. The summed E-state index contributed by atoms with van der Waals surface area (Å²) >= 11 is 0. The van der Waals surface area contributed by atoms with Gasteiger partial charge >= 0.3 is 0 Å². The van der Waals surface area contributed by atoms with Crippen LogP contribution < -0.4 is 10.6 Å². The standard InChI is InChI=1S/C21H17F3N4O2S.ClH/c1-25-10-13-12-28(31(29,30)15-3-2-6-26-11-15)21-7-14(4-5-16(13)21)27-20-9-18(23)17(22)8-19(20)24;/h2-9,11-12,25,27H,10H2,1H3;1H. The van der Waals surface area contributed by atoms with E-state index in [4.69, 9.17) is 0 Å². The van der Waals surface area contributed by atoms with Crippen LogP contribution in [0.15, 0.2) is 66.0 Å². The van der Waals surface area contributed by atoms with Gasteiger partial charge in [-0.3, -0.25) is 4.98 Å². The molecule has 0 bridgehead atoms. The second-order valence-electron chi connectivity index (χ2n) is 6.78. The van der Waals surface area contributed by atoms with Gasteiger partial charge in [-0.2, -0.15) is 0 Å². The van der Waals surface area contributed by atoms with E-state index in [1.54, 1.807) is 19.2 Å². The van der Waals surface area contributed by atoms with Crippen molar-refractivity contribution >= 4 is 44.7 Å². The molecule has 6 nitrogen and oxygen atoms in total. The Labute approximate surface area is 188 Å². The van der Waals surface area contributed by atoms with E-state index in [0.717, 1.165) is 9.54 Å². The van der Waals surface area contributed by atoms with Crippen LogP contribution in [0.25, 0.3) is 10.9 Å². The lowest BCUT2D eigenvalue weighted by Gasteiger charge is -2.11. The smallest absolute Gasteiger partial charge is 0.269 e. The molecule has 2 N–H and O–H groups in total. The summed E-state index contributed by atoms with van der Waals surface area (Å²) in [5.74, 6) is -3.48. The Hall–Kier alpha value is -3.08. The lowest BCUT2D eigenvalue weighted by atomic mass is 10.1. The summed E-state index contributed by atoms with van der Waals surface area (Å²) in [5, 5.41) is 6.33. The number of nitrogens with zero attached hydrogens (tertiary/aromatic N) is 2. The maximum absolute atomic E-state index is 14.0. The van der Waals surface area contributed by atoms with Gasteiger partial charge in [0.1, 0.15) is 10.7 Å². The minimum atomic E-state index is -3.96. The number of rotatable bonds is 6. The van der Waals surface area contributed by atoms with Crippen LogP contribution in [0.2, 0.25) is 0 Å². The number of hydrogen-bond acceptors (Lipinski definition) is 5. The molecule has 2 heterocycles. The number of hydrogen-bond donors (Lipinski definition) is 2. The molecule has 0 fully saturated rings. The van der Waals surface area contributed by atoms with Crippen molar-refractivity contribution in [2.24, 2.45) is 0 Å². The highest BCUT2D eigenvalue weighted by Crippen LogP contribution is 2.30. The first-order valence-corrected chi connectivity index (χ1v) is 10.6. The molecule has 2 aromatic heterocycles. The summed E-state index contributed by atoms with van der Waals surface area (Å²) in [5.41, 5.74) is 1.09. The Bertz CT molecular complexity index is 1380. The molecule has 0 atom stereocenters. The molecule has 0 unspecified atom stereocenters. The van der Waals surface area contributed by atoms with Crippen LogP contribution in [0.4, 0.5) is 24.5 Å². The van der Waals surface area contributed by atoms with Gasteiger partial charge in [-0.1, -0.05) is 6.07 Å². The van der Waals surface area contributed by atoms with E-state index in [1.165, 1.54) is 36.8 Å². The van der Waals surface area contributed by atoms with Gasteiger partial charge in [-0.05, 0) is 36.9 Å². The molecule has 0 saturated heterocycles. The van der Waals surface area contributed by atoms with Crippen LogP contribution in [0, 0.1) is 17.5 Å². The van der Waals surface area contributed by atoms with Crippen molar-refractivity contribution in [1.29, 1.82) is 0 Å². The lowest BCUT2D eigenvalue weighted by molar-refractivity contribution is 0.496. The Morgan fingerprint density at radius 2 is 1.78 bits per heavy atom. The second kappa shape index (κ2) is 9.19. The molecule has 2 aromatic carbocycles. The van der Waals surface area contributed by atoms with Crippen LogP contribution in [0.3, 0.4) is 0 Å². The largest absolute Gasteiger partial charge is 0.353 e. The van der Waals surface area contributed by atoms with Gasteiger partial charge in [0.25, 0.3) is 10.0 Å². The minimum Gasteiger partial charge on any atom is -0.353 e. The fraction of sp³-hybridized carbons (Fsp3) is 0.0952. The average molecular weight is 483 g/mol. The van der Waals surface area contributed by atoms with Crippen molar-refractivity contribution < 1.29 is 21.6 Å². The average Bonchev–Trinajstić information content (AvgIpc) is 3.11. The zero-order valence-corrected chi connectivity index (χ0v) is 18.3. The van der Waals surface area contributed by atoms with Crippen LogP contribution >= 0.6 is 12.4 Å². The van der Waals surface area contributed by atoms with Crippen molar-refractivity contribution in [2.45, 2.75) is 11.4 Å². The van der Waals surface area contributed by atoms with Gasteiger partial charge in [-0.15, -0.1) is 12.4 Å². The van der Waals surface area contributed by atoms with Gasteiger partial charge in [0.05, 0.1) is 11.2 Å². The molecular weight excluding hydrogens is 465 g/mol. The Morgan fingerprint density at radius 3 is 2.47 bits per heavy atom. The van der Waals surface area contributed by atoms with Gasteiger partial charge in [0.2, 0.25) is 0 Å². The topological polar surface area (TPSA) is 76.0 Å². The Kier molecular flexibility index (Phi) is 6.77. The second-order valence-corrected chi connectivity index (χ2v) is 8.59. The lowest BCUT2D eigenvalue weighted by Crippen LogP contribution is -2.12. The molecule has 0 aliphatic carbocycles. The Morgan fingerprint density at radius 1 is 1.03 bits per heavy atom. The van der Waals surface area contributed by atoms with E-state index < -0.39 is 27.5 Å². The number of fused-ring (bicyclic) bond motifs is 1. The fourth-order valence-electron chi connectivity index (χ4n) is 3.26. The monoisotopic (exact) mass is 482 g/mol. The predicted octanol–water partition coefficient (Wildman–Crippen LogP) is 4.58. The Balaban J connectivity index is 0.00000289. The van der Waals surface area contributed by atoms with Crippen molar-refractivity contribution in [3.05, 3.63) is 84.1 Å². The maximum atomic E-state index is 14.0. The van der Waals surface area contributed by atoms with Crippen LogP contribution in [0.5, 0.6) is 0 Å². The number of anilines is 2. The third-order valence-electron chi connectivity index (χ3n) is 4.70. The van der Waals surface area contributed by atoms with Crippen LogP contribution in [-0.4, -0.2) is 24.4 Å². The van der Waals surface area contributed by atoms with Crippen molar-refractivity contribution in [2.75, 3.05) is 12.4 Å². The van der Waals surface area contributed by atoms with E-state index in [1.807, 2.05) is 0 Å². The summed E-state index contributed by atoms with van der Waals surface area (Å²) in [7, 11) is -2.22. The van der Waals surface area contributed by atoms with Crippen molar-refractivity contribution in [3.8, 4) is 0 Å². The van der Waals surface area contributed by atoms with E-state index in [9.17, 15) is 21.6 Å². The highest BCUT2D eigenvalue weighted by Gasteiger charge is 2.22. The molecule has 0 aliphatic heterocycles. The molecule has 0 amide bonds. The first-order chi connectivity index (χ1) is 14.8. The van der Waals surface area contributed by atoms with Gasteiger partial charge in [-0.25, -0.2) is 25.6 Å². The number of nitrogens with one attached hydrogen (secondary N) is 2. The first kappa shape index (κ1) is 23.6. The molecule has 0 aliphatic rings. The first-order valence-electron chi connectivity index (χ1n) is 9.17. The number of benzene rings is 2. The summed E-state index contributed by atoms with van der Waals surface area (Å²) in [6, 6.07) is 8.88. The molecule has 4 aromatic rings. The minimum absolute atomic E-state index is 0. The highest BCUT2D eigenvalue weighted by molar-refractivity contribution is 7.90. The fourth-order valence-corrected chi connectivity index (χ4v) is 4.61. The van der Waals surface area contributed by atoms with E-state index in [0.29, 0.717) is 35.3 Å². The van der Waals surface area contributed by atoms with Crippen molar-refractivity contribution in [3.63, 3.8) is 0 Å². The van der Waals surface area contributed by atoms with Gasteiger partial charge < -0.3 is 10.6 Å². The van der Waals surface area contributed by atoms with E-state index in [-0.39, 0.29) is 23.0 Å². The third kappa shape index (κ3) is 4.29. The zero-order chi connectivity index (χ0) is 22.2. The number of pyridine rings is 1. The summed E-state index contributed by atoms with van der Waals surface area (Å²) in [4.78, 5) is 3.88. The van der Waals surface area contributed by atoms with Gasteiger partial charge in [0.15, 0.2) is 11.6 Å². The quantitative estimate of drug-likeness (QED) is 0.394. The van der Waals surface area contributed by atoms with Gasteiger partial charge in [0, 0.05) is 48.3 Å². The normalized spacial score (nSPS) is 11.4. The SMILES string of the molecule is CNCc1cn(S(=O)(=O)c2cccnc2)c2cc(Nc3cc(F)c(F)cc3F)ccc12.Cl. The predicted molar refractivity (Wildman–Crippen MR) is 118 cm³/mol. The molecule has 0 saturated carbocycles. The van der Waals surface area contributed by atoms with Crippen LogP contribution in [-0.2, 0) is 16.6 Å². The zero-order valence-electron chi connectivity index (χ0n) is 16.6. The summed E-state index contributed by atoms with van der Waals surface area (Å²) in [6.07, 6.45) is 4.22. The molecule has 11 heteroatoms. The van der Waals surface area contributed by atoms with Crippen molar-refractivity contribution in [1.82, 2.24) is 14.3 Å². The maximum Gasteiger partial charge on any atom is 0.269 e. The molecule has 0 radical (unpaired) electrons. The molecule has 0 spiro atoms. The van der Waals surface area contributed by atoms with E-state index in [2.05, 4.69) is 15.6 Å². The number of aromatic nitrogens is 2. The summed E-state index contributed by atoms with van der Waals surface area (Å²) < 4.78 is 68.3. The molecule has 168 valence electrons. The molecule has 32 heavy (non-hydrogen) atoms. The van der Waals surface area contributed by atoms with Crippen LogP contribution in [0.1, 0.15) is 5.56 Å². The summed E-state index contributed by atoms with van der Waals surface area (Å²) in [6.45, 7) is 0.413. The highest BCUT2D eigenvalue weighted by atomic mass is 35.5.